The van der Waals surface area contributed by atoms with Crippen molar-refractivity contribution in [1.82, 2.24) is 0 Å². The molecule has 0 aromatic heterocycles. The second-order valence-electron chi connectivity index (χ2n) is 4.02. The molecule has 0 fully saturated rings. The molecule has 0 radical (unpaired) electrons. The second-order valence-corrected chi connectivity index (χ2v) is 4.02. The van der Waals surface area contributed by atoms with E-state index >= 15 is 0 Å². The molecule has 0 saturated carbocycles. The molecule has 1 rings (SSSR count). The molecule has 90 valence electrons. The fourth-order valence-corrected chi connectivity index (χ4v) is 1.84. The third-order valence-corrected chi connectivity index (χ3v) is 2.79. The van der Waals surface area contributed by atoms with Gasteiger partial charge in [0, 0.05) is 0 Å². The van der Waals surface area contributed by atoms with Crippen molar-refractivity contribution in [1.29, 1.82) is 0 Å². The third kappa shape index (κ3) is 4.51. The summed E-state index contributed by atoms with van der Waals surface area (Å²) in [5.41, 5.74) is 0.646. The average molecular weight is 223 g/mol. The first-order valence-corrected chi connectivity index (χ1v) is 6.00. The molecule has 0 amide bonds. The molecule has 3 nitrogen and oxygen atoms in total. The van der Waals surface area contributed by atoms with Gasteiger partial charge in [0.05, 0.1) is 7.11 Å². The van der Waals surface area contributed by atoms with Crippen molar-refractivity contribution in [2.24, 2.45) is 5.16 Å². The Morgan fingerprint density at radius 3 is 2.69 bits per heavy atom. The number of allylic oxidation sites excluding steroid dienone is 4. The lowest BCUT2D eigenvalue weighted by Gasteiger charge is -2.08. The molecule has 0 aliphatic heterocycles. The Morgan fingerprint density at radius 2 is 1.94 bits per heavy atom. The van der Waals surface area contributed by atoms with Crippen molar-refractivity contribution >= 4 is 5.71 Å². The molecule has 0 heterocycles. The monoisotopic (exact) mass is 223 g/mol. The van der Waals surface area contributed by atoms with Crippen molar-refractivity contribution in [3.8, 4) is 0 Å². The van der Waals surface area contributed by atoms with Gasteiger partial charge in [0.1, 0.15) is 11.5 Å². The lowest BCUT2D eigenvalue weighted by Crippen LogP contribution is -2.05. The Morgan fingerprint density at radius 1 is 1.19 bits per heavy atom. The van der Waals surface area contributed by atoms with Crippen LogP contribution in [0.4, 0.5) is 0 Å². The number of oxime groups is 1. The summed E-state index contributed by atoms with van der Waals surface area (Å²) in [4.78, 5) is 0. The van der Waals surface area contributed by atoms with Crippen LogP contribution in [-0.4, -0.2) is 18.0 Å². The van der Waals surface area contributed by atoms with E-state index in [1.807, 2.05) is 12.2 Å². The number of nitrogens with zero attached hydrogens (tertiary/aromatic N) is 1. The maximum absolute atomic E-state index is 8.94. The summed E-state index contributed by atoms with van der Waals surface area (Å²) in [7, 11) is 1.61. The Hall–Kier alpha value is -1.25. The average Bonchev–Trinajstić information content (AvgIpc) is 2.30. The number of hydrogen-bond donors (Lipinski definition) is 1. The van der Waals surface area contributed by atoms with E-state index in [4.69, 9.17) is 9.94 Å². The third-order valence-electron chi connectivity index (χ3n) is 2.79. The maximum atomic E-state index is 8.94. The highest BCUT2D eigenvalue weighted by Gasteiger charge is 2.07. The topological polar surface area (TPSA) is 41.8 Å². The molecule has 0 bridgehead atoms. The van der Waals surface area contributed by atoms with Gasteiger partial charge in [-0.25, -0.2) is 0 Å². The van der Waals surface area contributed by atoms with Gasteiger partial charge < -0.3 is 9.94 Å². The summed E-state index contributed by atoms with van der Waals surface area (Å²) in [6.45, 7) is 0. The molecular formula is C13H21NO2. The molecule has 1 aliphatic carbocycles. The van der Waals surface area contributed by atoms with Gasteiger partial charge >= 0.3 is 0 Å². The summed E-state index contributed by atoms with van der Waals surface area (Å²) in [6.07, 6.45) is 13.9. The molecule has 1 N–H and O–H groups in total. The highest BCUT2D eigenvalue weighted by Crippen LogP contribution is 2.13. The predicted octanol–water partition coefficient (Wildman–Crippen LogP) is 3.65. The molecule has 0 aromatic carbocycles. The van der Waals surface area contributed by atoms with Crippen LogP contribution in [-0.2, 0) is 4.74 Å². The van der Waals surface area contributed by atoms with Crippen molar-refractivity contribution in [3.63, 3.8) is 0 Å². The van der Waals surface area contributed by atoms with Gasteiger partial charge in [-0.1, -0.05) is 36.6 Å². The molecule has 0 spiro atoms. The van der Waals surface area contributed by atoms with E-state index in [9.17, 15) is 0 Å². The molecule has 3 heteroatoms. The lowest BCUT2D eigenvalue weighted by molar-refractivity contribution is 0.292. The Labute approximate surface area is 97.5 Å². The number of methoxy groups -OCH3 is 1. The number of hydrogen-bond acceptors (Lipinski definition) is 3. The number of rotatable bonds is 1. The van der Waals surface area contributed by atoms with E-state index in [0.29, 0.717) is 11.5 Å². The summed E-state index contributed by atoms with van der Waals surface area (Å²) < 4.78 is 5.22. The van der Waals surface area contributed by atoms with Crippen molar-refractivity contribution in [2.75, 3.05) is 7.11 Å². The predicted molar refractivity (Wildman–Crippen MR) is 65.8 cm³/mol. The van der Waals surface area contributed by atoms with Crippen LogP contribution in [0.1, 0.15) is 44.9 Å². The zero-order valence-electron chi connectivity index (χ0n) is 9.98. The van der Waals surface area contributed by atoms with Gasteiger partial charge in [-0.2, -0.15) is 0 Å². The zero-order chi connectivity index (χ0) is 11.6. The Bertz CT molecular complexity index is 280. The first-order chi connectivity index (χ1) is 7.88. The fraction of sp³-hybridized carbons (Fsp3) is 0.615. The van der Waals surface area contributed by atoms with Crippen molar-refractivity contribution in [3.05, 3.63) is 24.0 Å². The van der Waals surface area contributed by atoms with Crippen LogP contribution in [0.15, 0.2) is 29.1 Å². The van der Waals surface area contributed by atoms with Crippen LogP contribution in [0, 0.1) is 0 Å². The van der Waals surface area contributed by atoms with Gasteiger partial charge in [-0.3, -0.25) is 0 Å². The lowest BCUT2D eigenvalue weighted by atomic mass is 10.0. The minimum Gasteiger partial charge on any atom is -0.495 e. The Kier molecular flexibility index (Phi) is 6.38. The van der Waals surface area contributed by atoms with Gasteiger partial charge in [-0.05, 0) is 31.8 Å². The molecule has 0 unspecified atom stereocenters. The van der Waals surface area contributed by atoms with Crippen LogP contribution < -0.4 is 0 Å². The van der Waals surface area contributed by atoms with E-state index in [2.05, 4.69) is 11.2 Å². The van der Waals surface area contributed by atoms with Crippen LogP contribution in [0.3, 0.4) is 0 Å². The quantitative estimate of drug-likeness (QED) is 0.544. The molecular weight excluding hydrogens is 202 g/mol. The van der Waals surface area contributed by atoms with Gasteiger partial charge in [0.25, 0.3) is 0 Å². The highest BCUT2D eigenvalue weighted by atomic mass is 16.5. The van der Waals surface area contributed by atoms with E-state index in [0.717, 1.165) is 19.3 Å². The van der Waals surface area contributed by atoms with Gasteiger partial charge in [0.15, 0.2) is 0 Å². The maximum Gasteiger partial charge on any atom is 0.143 e. The van der Waals surface area contributed by atoms with E-state index in [1.54, 1.807) is 7.11 Å². The Balaban J connectivity index is 2.71. The summed E-state index contributed by atoms with van der Waals surface area (Å²) >= 11 is 0. The second kappa shape index (κ2) is 7.97. The summed E-state index contributed by atoms with van der Waals surface area (Å²) in [5.74, 6) is 0.666. The molecule has 0 saturated heterocycles. The van der Waals surface area contributed by atoms with E-state index in [-0.39, 0.29) is 0 Å². The molecule has 16 heavy (non-hydrogen) atoms. The summed E-state index contributed by atoms with van der Waals surface area (Å²) in [6, 6.07) is 0. The first kappa shape index (κ1) is 12.8. The standard InChI is InChI=1S/C13H21NO2/c1-16-13-11-9-7-5-3-2-4-6-8-10-12(13)14-15/h7,9,11,15H,2-6,8,10H2,1H3/b9-7-,13-11+,14-12?. The SMILES string of the molecule is CO/C1=C/C=C\CCCCCCCC1=NO. The van der Waals surface area contributed by atoms with Crippen LogP contribution in [0.2, 0.25) is 0 Å². The smallest absolute Gasteiger partial charge is 0.143 e. The van der Waals surface area contributed by atoms with Crippen LogP contribution in [0.5, 0.6) is 0 Å². The first-order valence-electron chi connectivity index (χ1n) is 6.00. The zero-order valence-corrected chi connectivity index (χ0v) is 9.98. The minimum absolute atomic E-state index is 0.646. The fourth-order valence-electron chi connectivity index (χ4n) is 1.84. The van der Waals surface area contributed by atoms with Gasteiger partial charge in [-0.15, -0.1) is 0 Å². The molecule has 0 atom stereocenters. The summed E-state index contributed by atoms with van der Waals surface area (Å²) in [5, 5.41) is 12.3. The highest BCUT2D eigenvalue weighted by molar-refractivity contribution is 5.98. The normalized spacial score (nSPS) is 27.3. The minimum atomic E-state index is 0.646. The van der Waals surface area contributed by atoms with Crippen LogP contribution in [0.25, 0.3) is 0 Å². The van der Waals surface area contributed by atoms with E-state index in [1.165, 1.54) is 25.7 Å². The van der Waals surface area contributed by atoms with Crippen LogP contribution >= 0.6 is 0 Å². The molecule has 1 aliphatic rings. The van der Waals surface area contributed by atoms with Crippen molar-refractivity contribution < 1.29 is 9.94 Å². The molecule has 0 aromatic rings. The van der Waals surface area contributed by atoms with Crippen molar-refractivity contribution in [2.45, 2.75) is 44.9 Å². The van der Waals surface area contributed by atoms with E-state index < -0.39 is 0 Å². The van der Waals surface area contributed by atoms with Gasteiger partial charge in [0.2, 0.25) is 0 Å². The largest absolute Gasteiger partial charge is 0.495 e. The number of ether oxygens (including phenoxy) is 1.